The number of carbonyl (C=O) groups excluding carboxylic acids is 2. The van der Waals surface area contributed by atoms with Crippen molar-refractivity contribution < 1.29 is 27.9 Å². The summed E-state index contributed by atoms with van der Waals surface area (Å²) in [5.74, 6) is -0.624. The fraction of sp³-hybridized carbons (Fsp3) is 0.926. The van der Waals surface area contributed by atoms with E-state index in [0.29, 0.717) is 0 Å². The summed E-state index contributed by atoms with van der Waals surface area (Å²) < 4.78 is 33.6. The molecular formula is C27H47N2O6PS2. The van der Waals surface area contributed by atoms with Crippen LogP contribution in [0.1, 0.15) is 128 Å². The third kappa shape index (κ3) is 9.13. The number of hydroxylamine groups is 2. The predicted octanol–water partition coefficient (Wildman–Crippen LogP) is 8.38. The van der Waals surface area contributed by atoms with Crippen molar-refractivity contribution in [1.82, 2.24) is 8.94 Å². The average molecular weight is 591 g/mol. The van der Waals surface area contributed by atoms with Crippen LogP contribution in [0.2, 0.25) is 0 Å². The average Bonchev–Trinajstić information content (AvgIpc) is 2.98. The zero-order valence-electron chi connectivity index (χ0n) is 23.1. The Kier molecular flexibility index (Phi) is 12.7. The number of amides is 2. The molecule has 11 heteroatoms. The summed E-state index contributed by atoms with van der Waals surface area (Å²) in [6.07, 6.45) is 20.4. The van der Waals surface area contributed by atoms with Crippen molar-refractivity contribution >= 4 is 43.5 Å². The van der Waals surface area contributed by atoms with Crippen LogP contribution in [0.25, 0.3) is 0 Å². The van der Waals surface area contributed by atoms with Crippen LogP contribution in [0.4, 0.5) is 0 Å². The Morgan fingerprint density at radius 2 is 0.895 bits per heavy atom. The maximum atomic E-state index is 14.0. The van der Waals surface area contributed by atoms with Gasteiger partial charge in [-0.25, -0.2) is 4.57 Å². The molecule has 8 nitrogen and oxygen atoms in total. The highest BCUT2D eigenvalue weighted by Crippen LogP contribution is 2.54. The minimum atomic E-state index is -4.29. The molecule has 4 aliphatic carbocycles. The van der Waals surface area contributed by atoms with Crippen LogP contribution in [-0.4, -0.2) is 38.4 Å². The second-order valence-electron chi connectivity index (χ2n) is 11.4. The van der Waals surface area contributed by atoms with Crippen molar-refractivity contribution in [3.8, 4) is 0 Å². The molecule has 4 saturated carbocycles. The van der Waals surface area contributed by atoms with Crippen LogP contribution in [-0.2, 0) is 27.9 Å². The molecule has 0 unspecified atom stereocenters. The van der Waals surface area contributed by atoms with Gasteiger partial charge in [-0.15, -0.1) is 8.94 Å². The molecule has 0 aromatic rings. The normalized spacial score (nSPS) is 23.3. The third-order valence-electron chi connectivity index (χ3n) is 8.43. The van der Waals surface area contributed by atoms with E-state index in [9.17, 15) is 14.2 Å². The maximum Gasteiger partial charge on any atom is 0.519 e. The number of hydrogen-bond donors (Lipinski definition) is 0. The zero-order chi connectivity index (χ0) is 26.8. The first kappa shape index (κ1) is 30.7. The van der Waals surface area contributed by atoms with Gasteiger partial charge in [0.1, 0.15) is 0 Å². The molecule has 0 aromatic heterocycles. The first-order valence-electron chi connectivity index (χ1n) is 15.0. The van der Waals surface area contributed by atoms with E-state index in [4.69, 9.17) is 13.8 Å². The van der Waals surface area contributed by atoms with Gasteiger partial charge in [0.25, 0.3) is 11.8 Å². The lowest BCUT2D eigenvalue weighted by Crippen LogP contribution is -2.36. The van der Waals surface area contributed by atoms with E-state index in [-0.39, 0.29) is 34.2 Å². The van der Waals surface area contributed by atoms with Gasteiger partial charge in [-0.2, -0.15) is 9.25 Å². The monoisotopic (exact) mass is 590 g/mol. The van der Waals surface area contributed by atoms with Gasteiger partial charge in [-0.1, -0.05) is 77.0 Å². The highest BCUT2D eigenvalue weighted by molar-refractivity contribution is 7.98. The number of carbonyl (C=O) groups is 2. The van der Waals surface area contributed by atoms with Crippen molar-refractivity contribution in [2.24, 2.45) is 11.8 Å². The first-order valence-corrected chi connectivity index (χ1v) is 18.2. The Morgan fingerprint density at radius 3 is 1.21 bits per heavy atom. The molecule has 0 atom stereocenters. The largest absolute Gasteiger partial charge is 0.519 e. The van der Waals surface area contributed by atoms with Crippen LogP contribution in [0.15, 0.2) is 0 Å². The number of phosphoric acid groups is 1. The van der Waals surface area contributed by atoms with Crippen LogP contribution in [0, 0.1) is 11.8 Å². The Morgan fingerprint density at radius 1 is 0.579 bits per heavy atom. The first-order chi connectivity index (χ1) is 18.5. The number of rotatable bonds is 11. The third-order valence-corrected chi connectivity index (χ3v) is 12.3. The smallest absolute Gasteiger partial charge is 0.288 e. The second-order valence-corrected chi connectivity index (χ2v) is 15.4. The summed E-state index contributed by atoms with van der Waals surface area (Å²) in [5.41, 5.74) is 0. The standard InChI is InChI=1S/C27H47N2O6PS2/c1-33-36(32,34-28(37-24-18-10-4-11-19-24)26(30)22-14-6-2-7-15-22)35-29(38-25-20-12-5-13-21-25)27(31)23-16-8-3-9-17-23/h22-25H,2-21H2,1H3. The summed E-state index contributed by atoms with van der Waals surface area (Å²) in [5, 5.41) is 0.441. The molecule has 0 aromatic carbocycles. The SMILES string of the molecule is COP(=O)(ON(SC1CCCCC1)C(=O)C1CCCCC1)ON(SC1CCCCC1)C(=O)C1CCCCC1. The van der Waals surface area contributed by atoms with Crippen molar-refractivity contribution in [2.75, 3.05) is 7.11 Å². The van der Waals surface area contributed by atoms with Gasteiger partial charge in [0.05, 0.1) is 0 Å². The highest BCUT2D eigenvalue weighted by Gasteiger charge is 2.42. The molecule has 0 bridgehead atoms. The van der Waals surface area contributed by atoms with E-state index in [1.54, 1.807) is 0 Å². The molecule has 0 aliphatic heterocycles. The van der Waals surface area contributed by atoms with Crippen LogP contribution in [0.3, 0.4) is 0 Å². The number of nitrogens with zero attached hydrogens (tertiary/aromatic N) is 2. The van der Waals surface area contributed by atoms with Gasteiger partial charge < -0.3 is 0 Å². The Balaban J connectivity index is 1.50. The van der Waals surface area contributed by atoms with Crippen LogP contribution >= 0.6 is 31.7 Å². The molecule has 0 spiro atoms. The van der Waals surface area contributed by atoms with E-state index >= 15 is 0 Å². The van der Waals surface area contributed by atoms with Gasteiger partial charge in [-0.05, 0) is 75.3 Å². The molecule has 0 radical (unpaired) electrons. The van der Waals surface area contributed by atoms with Gasteiger partial charge in [0.15, 0.2) is 0 Å². The lowest BCUT2D eigenvalue weighted by Gasteiger charge is -2.34. The summed E-state index contributed by atoms with van der Waals surface area (Å²) in [7, 11) is -3.02. The molecular weight excluding hydrogens is 543 g/mol. The Labute approximate surface area is 237 Å². The molecule has 4 fully saturated rings. The van der Waals surface area contributed by atoms with E-state index in [1.807, 2.05) is 0 Å². The predicted molar refractivity (Wildman–Crippen MR) is 153 cm³/mol. The molecule has 0 heterocycles. The number of hydrogen-bond acceptors (Lipinski definition) is 8. The summed E-state index contributed by atoms with van der Waals surface area (Å²) in [6.45, 7) is 0. The fourth-order valence-corrected chi connectivity index (χ4v) is 9.72. The lowest BCUT2D eigenvalue weighted by molar-refractivity contribution is -0.158. The summed E-state index contributed by atoms with van der Waals surface area (Å²) in [6, 6.07) is 0. The van der Waals surface area contributed by atoms with Crippen molar-refractivity contribution in [1.29, 1.82) is 0 Å². The van der Waals surface area contributed by atoms with Gasteiger partial charge >= 0.3 is 7.82 Å². The highest BCUT2D eigenvalue weighted by atomic mass is 32.2. The fourth-order valence-electron chi connectivity index (χ4n) is 6.10. The van der Waals surface area contributed by atoms with Crippen LogP contribution < -0.4 is 0 Å². The maximum absolute atomic E-state index is 14.0. The molecule has 2 amide bonds. The molecule has 0 N–H and O–H groups in total. The van der Waals surface area contributed by atoms with Gasteiger partial charge in [-0.3, -0.25) is 14.1 Å². The second kappa shape index (κ2) is 15.7. The minimum Gasteiger partial charge on any atom is -0.288 e. The van der Waals surface area contributed by atoms with Crippen LogP contribution in [0.5, 0.6) is 0 Å². The molecule has 218 valence electrons. The van der Waals surface area contributed by atoms with Crippen molar-refractivity contribution in [3.63, 3.8) is 0 Å². The van der Waals surface area contributed by atoms with Gasteiger partial charge in [0, 0.05) is 29.4 Å². The van der Waals surface area contributed by atoms with Gasteiger partial charge in [0.2, 0.25) is 0 Å². The Bertz CT molecular complexity index is 736. The molecule has 38 heavy (non-hydrogen) atoms. The topological polar surface area (TPSA) is 85.4 Å². The van der Waals surface area contributed by atoms with Crippen molar-refractivity contribution in [2.45, 2.75) is 139 Å². The zero-order valence-corrected chi connectivity index (χ0v) is 25.6. The minimum absolute atomic E-state index is 0.151. The Hall–Kier alpha value is -0.250. The molecule has 4 rings (SSSR count). The lowest BCUT2D eigenvalue weighted by atomic mass is 9.89. The van der Waals surface area contributed by atoms with E-state index < -0.39 is 7.82 Å². The van der Waals surface area contributed by atoms with E-state index in [2.05, 4.69) is 0 Å². The van der Waals surface area contributed by atoms with Crippen molar-refractivity contribution in [3.05, 3.63) is 0 Å². The van der Waals surface area contributed by atoms with E-state index in [0.717, 1.165) is 116 Å². The summed E-state index contributed by atoms with van der Waals surface area (Å²) >= 11 is 2.66. The van der Waals surface area contributed by atoms with E-state index in [1.165, 1.54) is 52.8 Å². The molecule has 0 saturated heterocycles. The summed E-state index contributed by atoms with van der Waals surface area (Å²) in [4.78, 5) is 27.2. The molecule has 4 aliphatic rings. The quantitative estimate of drug-likeness (QED) is 0.135.